The van der Waals surface area contributed by atoms with Crippen LogP contribution in [-0.2, 0) is 17.6 Å². The molecule has 4 nitrogen and oxygen atoms in total. The molecule has 0 unspecified atom stereocenters. The Morgan fingerprint density at radius 1 is 0.958 bits per heavy atom. The van der Waals surface area contributed by atoms with Gasteiger partial charge in [0.25, 0.3) is 0 Å². The molecule has 0 aliphatic carbocycles. The minimum atomic E-state index is -1.10. The normalized spacial score (nSPS) is 12.8. The standard InChI is InChI=1S/C20H22N2O2/c21-15-18(13-11-16-7-3-1-4-8-16)22-20(24)19(23)14-12-17-9-5-2-6-10-17/h1-10,18-19,23H,11-14H2,(H,22,24)/t18-,19+/m0/s1. The van der Waals surface area contributed by atoms with Crippen LogP contribution < -0.4 is 5.32 Å². The predicted molar refractivity (Wildman–Crippen MR) is 93.1 cm³/mol. The zero-order valence-electron chi connectivity index (χ0n) is 13.6. The topological polar surface area (TPSA) is 73.1 Å². The fourth-order valence-electron chi connectivity index (χ4n) is 2.47. The molecule has 2 atom stereocenters. The Bertz CT molecular complexity index is 665. The Kier molecular flexibility index (Phi) is 7.00. The molecule has 4 heteroatoms. The number of aliphatic hydroxyl groups is 1. The zero-order chi connectivity index (χ0) is 17.2. The van der Waals surface area contributed by atoms with Crippen LogP contribution in [0, 0.1) is 11.3 Å². The van der Waals surface area contributed by atoms with Gasteiger partial charge in [0.05, 0.1) is 6.07 Å². The lowest BCUT2D eigenvalue weighted by molar-refractivity contribution is -0.130. The van der Waals surface area contributed by atoms with Crippen LogP contribution in [0.25, 0.3) is 0 Å². The van der Waals surface area contributed by atoms with Crippen molar-refractivity contribution >= 4 is 5.91 Å². The smallest absolute Gasteiger partial charge is 0.249 e. The van der Waals surface area contributed by atoms with Crippen molar-refractivity contribution in [2.24, 2.45) is 0 Å². The van der Waals surface area contributed by atoms with Crippen molar-refractivity contribution in [2.75, 3.05) is 0 Å². The number of hydrogen-bond acceptors (Lipinski definition) is 3. The van der Waals surface area contributed by atoms with Gasteiger partial charge in [-0.3, -0.25) is 4.79 Å². The Hall–Kier alpha value is -2.64. The molecular weight excluding hydrogens is 300 g/mol. The molecule has 0 aliphatic rings. The number of nitriles is 1. The fourth-order valence-corrected chi connectivity index (χ4v) is 2.47. The van der Waals surface area contributed by atoms with Gasteiger partial charge in [-0.2, -0.15) is 5.26 Å². The molecule has 2 rings (SSSR count). The molecule has 2 N–H and O–H groups in total. The highest BCUT2D eigenvalue weighted by Crippen LogP contribution is 2.07. The third kappa shape index (κ3) is 5.86. The van der Waals surface area contributed by atoms with E-state index >= 15 is 0 Å². The van der Waals surface area contributed by atoms with Gasteiger partial charge in [0.15, 0.2) is 0 Å². The van der Waals surface area contributed by atoms with E-state index < -0.39 is 18.1 Å². The van der Waals surface area contributed by atoms with Crippen molar-refractivity contribution in [3.05, 3.63) is 71.8 Å². The summed E-state index contributed by atoms with van der Waals surface area (Å²) in [5.74, 6) is -0.481. The van der Waals surface area contributed by atoms with Gasteiger partial charge in [0.2, 0.25) is 5.91 Å². The van der Waals surface area contributed by atoms with Crippen LogP contribution in [0.2, 0.25) is 0 Å². The Morgan fingerprint density at radius 3 is 1.96 bits per heavy atom. The number of carbonyl (C=O) groups excluding carboxylic acids is 1. The summed E-state index contributed by atoms with van der Waals surface area (Å²) < 4.78 is 0. The molecule has 2 aromatic rings. The van der Waals surface area contributed by atoms with E-state index in [0.29, 0.717) is 25.7 Å². The van der Waals surface area contributed by atoms with Crippen LogP contribution in [0.3, 0.4) is 0 Å². The maximum Gasteiger partial charge on any atom is 0.249 e. The van der Waals surface area contributed by atoms with Gasteiger partial charge in [0.1, 0.15) is 12.1 Å². The van der Waals surface area contributed by atoms with Gasteiger partial charge in [-0.1, -0.05) is 60.7 Å². The number of aryl methyl sites for hydroxylation is 2. The molecule has 24 heavy (non-hydrogen) atoms. The average Bonchev–Trinajstić information content (AvgIpc) is 2.64. The van der Waals surface area contributed by atoms with Crippen molar-refractivity contribution in [1.29, 1.82) is 5.26 Å². The number of benzene rings is 2. The molecule has 2 aromatic carbocycles. The number of amides is 1. The largest absolute Gasteiger partial charge is 0.383 e. The summed E-state index contributed by atoms with van der Waals surface area (Å²) in [6, 6.07) is 21.0. The van der Waals surface area contributed by atoms with Gasteiger partial charge in [0, 0.05) is 0 Å². The van der Waals surface area contributed by atoms with E-state index in [0.717, 1.165) is 11.1 Å². The first-order valence-corrected chi connectivity index (χ1v) is 8.15. The Labute approximate surface area is 142 Å². The maximum atomic E-state index is 12.0. The summed E-state index contributed by atoms with van der Waals surface area (Å²) in [4.78, 5) is 12.0. The van der Waals surface area contributed by atoms with Crippen LogP contribution in [0.1, 0.15) is 24.0 Å². The second-order valence-corrected chi connectivity index (χ2v) is 5.75. The van der Waals surface area contributed by atoms with Crippen LogP contribution >= 0.6 is 0 Å². The maximum absolute atomic E-state index is 12.0. The summed E-state index contributed by atoms with van der Waals surface area (Å²) in [6.07, 6.45) is 1.10. The lowest BCUT2D eigenvalue weighted by Crippen LogP contribution is -2.41. The lowest BCUT2D eigenvalue weighted by atomic mass is 10.0. The van der Waals surface area contributed by atoms with Crippen LogP contribution in [0.4, 0.5) is 0 Å². The van der Waals surface area contributed by atoms with E-state index in [2.05, 4.69) is 11.4 Å². The average molecular weight is 322 g/mol. The summed E-state index contributed by atoms with van der Waals surface area (Å²) in [5.41, 5.74) is 2.20. The van der Waals surface area contributed by atoms with Crippen molar-refractivity contribution in [3.8, 4) is 6.07 Å². The third-order valence-electron chi connectivity index (χ3n) is 3.89. The molecule has 0 bridgehead atoms. The molecule has 124 valence electrons. The number of hydrogen-bond donors (Lipinski definition) is 2. The van der Waals surface area contributed by atoms with Crippen molar-refractivity contribution in [1.82, 2.24) is 5.32 Å². The van der Waals surface area contributed by atoms with Gasteiger partial charge in [-0.15, -0.1) is 0 Å². The monoisotopic (exact) mass is 322 g/mol. The highest BCUT2D eigenvalue weighted by molar-refractivity contribution is 5.81. The minimum absolute atomic E-state index is 0.340. The molecule has 1 amide bonds. The van der Waals surface area contributed by atoms with Gasteiger partial charge >= 0.3 is 0 Å². The molecule has 0 saturated heterocycles. The van der Waals surface area contributed by atoms with E-state index in [9.17, 15) is 15.2 Å². The van der Waals surface area contributed by atoms with E-state index in [1.54, 1.807) is 0 Å². The molecule has 0 radical (unpaired) electrons. The van der Waals surface area contributed by atoms with E-state index in [1.165, 1.54) is 0 Å². The first-order chi connectivity index (χ1) is 11.7. The summed E-state index contributed by atoms with van der Waals surface area (Å²) >= 11 is 0. The SMILES string of the molecule is N#C[C@H](CCc1ccccc1)NC(=O)[C@H](O)CCc1ccccc1. The fraction of sp³-hybridized carbons (Fsp3) is 0.300. The van der Waals surface area contributed by atoms with Crippen molar-refractivity contribution in [2.45, 2.75) is 37.8 Å². The first kappa shape index (κ1) is 17.7. The number of carbonyl (C=O) groups is 1. The summed E-state index contributed by atoms with van der Waals surface area (Å²) in [7, 11) is 0. The molecule has 0 aliphatic heterocycles. The first-order valence-electron chi connectivity index (χ1n) is 8.15. The molecular formula is C20H22N2O2. The van der Waals surface area contributed by atoms with Crippen LogP contribution in [0.5, 0.6) is 0 Å². The van der Waals surface area contributed by atoms with E-state index in [1.807, 2.05) is 60.7 Å². The van der Waals surface area contributed by atoms with Crippen molar-refractivity contribution in [3.63, 3.8) is 0 Å². The molecule has 0 heterocycles. The van der Waals surface area contributed by atoms with Crippen LogP contribution in [0.15, 0.2) is 60.7 Å². The zero-order valence-corrected chi connectivity index (χ0v) is 13.6. The second kappa shape index (κ2) is 9.49. The van der Waals surface area contributed by atoms with Gasteiger partial charge in [-0.05, 0) is 36.8 Å². The molecule has 0 fully saturated rings. The number of rotatable bonds is 8. The Morgan fingerprint density at radius 2 is 1.46 bits per heavy atom. The Balaban J connectivity index is 1.77. The minimum Gasteiger partial charge on any atom is -0.383 e. The summed E-state index contributed by atoms with van der Waals surface area (Å²) in [6.45, 7) is 0. The highest BCUT2D eigenvalue weighted by Gasteiger charge is 2.18. The molecule has 0 saturated carbocycles. The number of nitrogens with zero attached hydrogens (tertiary/aromatic N) is 1. The van der Waals surface area contributed by atoms with E-state index in [4.69, 9.17) is 0 Å². The van der Waals surface area contributed by atoms with Crippen LogP contribution in [-0.4, -0.2) is 23.2 Å². The quantitative estimate of drug-likeness (QED) is 0.784. The van der Waals surface area contributed by atoms with E-state index in [-0.39, 0.29) is 0 Å². The predicted octanol–water partition coefficient (Wildman–Crippen LogP) is 2.62. The number of aliphatic hydroxyl groups excluding tert-OH is 1. The molecule has 0 aromatic heterocycles. The van der Waals surface area contributed by atoms with Gasteiger partial charge < -0.3 is 10.4 Å². The number of nitrogens with one attached hydrogen (secondary N) is 1. The van der Waals surface area contributed by atoms with Crippen molar-refractivity contribution < 1.29 is 9.90 Å². The molecule has 0 spiro atoms. The second-order valence-electron chi connectivity index (χ2n) is 5.75. The summed E-state index contributed by atoms with van der Waals surface area (Å²) in [5, 5.41) is 21.8. The highest BCUT2D eigenvalue weighted by atomic mass is 16.3. The van der Waals surface area contributed by atoms with Gasteiger partial charge in [-0.25, -0.2) is 0 Å². The lowest BCUT2D eigenvalue weighted by Gasteiger charge is -2.15. The third-order valence-corrected chi connectivity index (χ3v) is 3.89.